The number of benzene rings is 1. The second kappa shape index (κ2) is 5.73. The fourth-order valence-electron chi connectivity index (χ4n) is 0.860. The minimum atomic E-state index is -5.56. The third kappa shape index (κ3) is 3.15. The quantitative estimate of drug-likeness (QED) is 0.479. The Bertz CT molecular complexity index is 570. The highest BCUT2D eigenvalue weighted by molar-refractivity contribution is 7.94. The number of hydrogen-bond donors (Lipinski definition) is 0. The Labute approximate surface area is 109 Å². The minimum absolute atomic E-state index is 2.17. The van der Waals surface area contributed by atoms with Crippen LogP contribution in [0.4, 0.5) is 35.1 Å². The summed E-state index contributed by atoms with van der Waals surface area (Å²) in [5.41, 5.74) is -5.56. The fourth-order valence-corrected chi connectivity index (χ4v) is 2.36. The number of rotatable bonds is 3. The summed E-state index contributed by atoms with van der Waals surface area (Å²) < 4.78 is 124. The van der Waals surface area contributed by atoms with Crippen LogP contribution in [0.15, 0.2) is 4.90 Å². The lowest BCUT2D eigenvalue weighted by atomic mass is 10.3. The molecule has 0 N–H and O–H groups in total. The zero-order valence-electron chi connectivity index (χ0n) is 8.56. The molecule has 2 unspecified atom stereocenters. The molecule has 13 heteroatoms. The van der Waals surface area contributed by atoms with Gasteiger partial charge in [-0.1, -0.05) is 0 Å². The summed E-state index contributed by atoms with van der Waals surface area (Å²) in [6, 6.07) is 0. The second-order valence-electron chi connectivity index (χ2n) is 2.88. The Morgan fingerprint density at radius 3 is 1.45 bits per heavy atom. The van der Waals surface area contributed by atoms with Crippen LogP contribution in [-0.2, 0) is 25.8 Å². The molecule has 0 amide bonds. The van der Waals surface area contributed by atoms with Crippen LogP contribution in [0.3, 0.4) is 0 Å². The fraction of sp³-hybridized carbons (Fsp3) is 0.143. The topological polar surface area (TPSA) is 43.4 Å². The molecular weight excluding hydrogens is 348 g/mol. The molecule has 0 aliphatic rings. The molecule has 0 aliphatic heterocycles. The number of halogens is 8. The summed E-state index contributed by atoms with van der Waals surface area (Å²) in [6.07, 6.45) is 0. The molecule has 2 atom stereocenters. The van der Waals surface area contributed by atoms with Gasteiger partial charge in [-0.05, 0) is 0 Å². The molecule has 0 heterocycles. The summed E-state index contributed by atoms with van der Waals surface area (Å²) in [6.45, 7) is 0. The van der Waals surface area contributed by atoms with Gasteiger partial charge in [-0.3, -0.25) is 0 Å². The molecule has 0 fully saturated rings. The lowest BCUT2D eigenvalue weighted by molar-refractivity contribution is -0.0434. The SMILES string of the molecule is O=S(OS(=O)C(F)(F)F)c1c(F)c(F)c(F)c(F)c1F. The maximum absolute atomic E-state index is 13.0. The summed E-state index contributed by atoms with van der Waals surface area (Å²) in [4.78, 5) is -2.17. The molecule has 0 spiro atoms. The normalized spacial score (nSPS) is 15.2. The Morgan fingerprint density at radius 2 is 1.10 bits per heavy atom. The van der Waals surface area contributed by atoms with E-state index in [-0.39, 0.29) is 0 Å². The van der Waals surface area contributed by atoms with Gasteiger partial charge in [0, 0.05) is 0 Å². The number of hydrogen-bond acceptors (Lipinski definition) is 3. The summed E-state index contributed by atoms with van der Waals surface area (Å²) in [5, 5.41) is 0. The first kappa shape index (κ1) is 17.0. The van der Waals surface area contributed by atoms with E-state index in [9.17, 15) is 43.5 Å². The van der Waals surface area contributed by atoms with Crippen molar-refractivity contribution in [2.45, 2.75) is 10.4 Å². The van der Waals surface area contributed by atoms with Crippen molar-refractivity contribution in [3.05, 3.63) is 29.1 Å². The van der Waals surface area contributed by atoms with Crippen molar-refractivity contribution in [1.82, 2.24) is 0 Å². The van der Waals surface area contributed by atoms with Crippen molar-refractivity contribution in [1.29, 1.82) is 0 Å². The largest absolute Gasteiger partial charge is 0.498 e. The van der Waals surface area contributed by atoms with Crippen molar-refractivity contribution in [2.75, 3.05) is 0 Å². The zero-order chi connectivity index (χ0) is 15.8. The monoisotopic (exact) mass is 348 g/mol. The van der Waals surface area contributed by atoms with Gasteiger partial charge >= 0.3 is 5.51 Å². The van der Waals surface area contributed by atoms with E-state index in [2.05, 4.69) is 3.63 Å². The Balaban J connectivity index is 3.28. The van der Waals surface area contributed by atoms with Gasteiger partial charge in [-0.25, -0.2) is 30.4 Å². The van der Waals surface area contributed by atoms with Gasteiger partial charge in [-0.15, -0.1) is 0 Å². The van der Waals surface area contributed by atoms with Crippen LogP contribution in [0.25, 0.3) is 0 Å². The van der Waals surface area contributed by atoms with Crippen LogP contribution in [-0.4, -0.2) is 13.9 Å². The van der Waals surface area contributed by atoms with Crippen LogP contribution >= 0.6 is 0 Å². The molecule has 114 valence electrons. The second-order valence-corrected chi connectivity index (χ2v) is 5.24. The Hall–Kier alpha value is -1.08. The van der Waals surface area contributed by atoms with Gasteiger partial charge in [0.05, 0.1) is 0 Å². The Morgan fingerprint density at radius 1 is 0.750 bits per heavy atom. The summed E-state index contributed by atoms with van der Waals surface area (Å²) in [5.74, 6) is -13.0. The first-order valence-corrected chi connectivity index (χ1v) is 6.24. The molecule has 0 radical (unpaired) electrons. The Kier molecular flexibility index (Phi) is 4.86. The van der Waals surface area contributed by atoms with Crippen molar-refractivity contribution < 1.29 is 47.2 Å². The van der Waals surface area contributed by atoms with E-state index in [4.69, 9.17) is 0 Å². The molecular formula is C7F8O3S2. The smallest absolute Gasteiger partial charge is 0.223 e. The van der Waals surface area contributed by atoms with Crippen molar-refractivity contribution in [3.63, 3.8) is 0 Å². The molecule has 0 saturated carbocycles. The van der Waals surface area contributed by atoms with Crippen molar-refractivity contribution >= 4 is 22.2 Å². The average Bonchev–Trinajstić information content (AvgIpc) is 2.33. The molecule has 20 heavy (non-hydrogen) atoms. The summed E-state index contributed by atoms with van der Waals surface area (Å²) >= 11 is -8.10. The molecule has 0 bridgehead atoms. The number of alkyl halides is 3. The van der Waals surface area contributed by atoms with Gasteiger partial charge in [0.15, 0.2) is 23.3 Å². The van der Waals surface area contributed by atoms with E-state index >= 15 is 0 Å². The maximum atomic E-state index is 13.0. The van der Waals surface area contributed by atoms with Crippen LogP contribution in [0, 0.1) is 29.1 Å². The third-order valence-corrected chi connectivity index (χ3v) is 3.71. The standard InChI is InChI=1S/C7F8O3S2/c8-1-2(9)4(11)6(5(12)3(1)10)19(16)18-20(17)7(13,14)15. The highest BCUT2D eigenvalue weighted by Gasteiger charge is 2.41. The molecule has 0 saturated heterocycles. The van der Waals surface area contributed by atoms with Crippen molar-refractivity contribution in [2.24, 2.45) is 0 Å². The lowest BCUT2D eigenvalue weighted by Gasteiger charge is -2.08. The molecule has 3 nitrogen and oxygen atoms in total. The minimum Gasteiger partial charge on any atom is -0.223 e. The van der Waals surface area contributed by atoms with Gasteiger partial charge < -0.3 is 0 Å². The first-order chi connectivity index (χ1) is 8.98. The lowest BCUT2D eigenvalue weighted by Crippen LogP contribution is -2.21. The van der Waals surface area contributed by atoms with Crippen LogP contribution < -0.4 is 0 Å². The van der Waals surface area contributed by atoms with Gasteiger partial charge in [-0.2, -0.15) is 16.8 Å². The highest BCUT2D eigenvalue weighted by atomic mass is 32.3. The maximum Gasteiger partial charge on any atom is 0.498 e. The van der Waals surface area contributed by atoms with E-state index in [0.29, 0.717) is 0 Å². The van der Waals surface area contributed by atoms with Crippen LogP contribution in [0.1, 0.15) is 0 Å². The third-order valence-electron chi connectivity index (χ3n) is 1.65. The average molecular weight is 348 g/mol. The predicted molar refractivity (Wildman–Crippen MR) is 47.9 cm³/mol. The van der Waals surface area contributed by atoms with E-state index in [1.54, 1.807) is 0 Å². The zero-order valence-corrected chi connectivity index (χ0v) is 10.2. The van der Waals surface area contributed by atoms with Gasteiger partial charge in [0.25, 0.3) is 11.1 Å². The van der Waals surface area contributed by atoms with E-state index < -0.39 is 61.7 Å². The molecule has 0 aliphatic carbocycles. The first-order valence-electron chi connectivity index (χ1n) is 4.09. The molecule has 0 aromatic heterocycles. The van der Waals surface area contributed by atoms with Crippen LogP contribution in [0.2, 0.25) is 0 Å². The predicted octanol–water partition coefficient (Wildman–Crippen LogP) is 2.60. The van der Waals surface area contributed by atoms with Gasteiger partial charge in [0.1, 0.15) is 4.90 Å². The highest BCUT2D eigenvalue weighted by Crippen LogP contribution is 2.28. The molecule has 1 aromatic carbocycles. The molecule has 1 rings (SSSR count). The van der Waals surface area contributed by atoms with Crippen molar-refractivity contribution in [3.8, 4) is 0 Å². The molecule has 1 aromatic rings. The summed E-state index contributed by atoms with van der Waals surface area (Å²) in [7, 11) is 0. The van der Waals surface area contributed by atoms with E-state index in [1.165, 1.54) is 0 Å². The van der Waals surface area contributed by atoms with Crippen LogP contribution in [0.5, 0.6) is 0 Å². The van der Waals surface area contributed by atoms with E-state index in [0.717, 1.165) is 0 Å². The van der Waals surface area contributed by atoms with Gasteiger partial charge in [0.2, 0.25) is 16.9 Å². The van der Waals surface area contributed by atoms with E-state index in [1.807, 2.05) is 0 Å².